The summed E-state index contributed by atoms with van der Waals surface area (Å²) in [6.45, 7) is 2.29. The van der Waals surface area contributed by atoms with E-state index in [2.05, 4.69) is 11.9 Å². The number of nitrogens with zero attached hydrogens (tertiary/aromatic N) is 1. The molecular weight excluding hydrogens is 306 g/mol. The molecule has 0 saturated carbocycles. The first kappa shape index (κ1) is 20.2. The van der Waals surface area contributed by atoms with Crippen molar-refractivity contribution in [2.24, 2.45) is 4.99 Å². The van der Waals surface area contributed by atoms with E-state index in [-0.39, 0.29) is 0 Å². The first-order chi connectivity index (χ1) is 10.8. The summed E-state index contributed by atoms with van der Waals surface area (Å²) in [5, 5.41) is 0. The Morgan fingerprint density at radius 1 is 0.773 bits per heavy atom. The SMILES string of the molecule is CCCCCCCCCCCCCCCCC1=NC(=S)SC1. The van der Waals surface area contributed by atoms with Crippen LogP contribution in [-0.4, -0.2) is 15.8 Å². The number of rotatable bonds is 15. The molecule has 0 amide bonds. The van der Waals surface area contributed by atoms with Gasteiger partial charge in [0.05, 0.1) is 0 Å². The predicted octanol–water partition coefficient (Wildman–Crippen LogP) is 7.33. The van der Waals surface area contributed by atoms with Crippen molar-refractivity contribution < 1.29 is 0 Å². The molecule has 0 bridgehead atoms. The topological polar surface area (TPSA) is 12.4 Å². The molecule has 1 rings (SSSR count). The van der Waals surface area contributed by atoms with E-state index >= 15 is 0 Å². The molecule has 1 aliphatic heterocycles. The molecular formula is C19H35NS2. The third-order valence-corrected chi connectivity index (χ3v) is 5.69. The zero-order valence-corrected chi connectivity index (χ0v) is 16.2. The van der Waals surface area contributed by atoms with Crippen molar-refractivity contribution in [3.8, 4) is 0 Å². The van der Waals surface area contributed by atoms with Crippen molar-refractivity contribution in [1.29, 1.82) is 0 Å². The van der Waals surface area contributed by atoms with Gasteiger partial charge in [-0.25, -0.2) is 4.99 Å². The fourth-order valence-corrected chi connectivity index (χ4v) is 3.99. The molecule has 1 aliphatic rings. The van der Waals surface area contributed by atoms with E-state index in [1.807, 2.05) is 0 Å². The average molecular weight is 342 g/mol. The third kappa shape index (κ3) is 11.6. The van der Waals surface area contributed by atoms with Crippen LogP contribution in [-0.2, 0) is 0 Å². The summed E-state index contributed by atoms with van der Waals surface area (Å²) in [5.74, 6) is 1.05. The first-order valence-corrected chi connectivity index (χ1v) is 11.0. The van der Waals surface area contributed by atoms with Crippen molar-refractivity contribution in [1.82, 2.24) is 0 Å². The number of aliphatic imine (C=N–C) groups is 1. The molecule has 0 N–H and O–H groups in total. The number of hydrogen-bond acceptors (Lipinski definition) is 2. The summed E-state index contributed by atoms with van der Waals surface area (Å²) in [6.07, 6.45) is 21.1. The van der Waals surface area contributed by atoms with Crippen molar-refractivity contribution >= 4 is 34.0 Å². The Bertz CT molecular complexity index is 313. The highest BCUT2D eigenvalue weighted by Crippen LogP contribution is 2.18. The van der Waals surface area contributed by atoms with E-state index in [4.69, 9.17) is 12.2 Å². The lowest BCUT2D eigenvalue weighted by Crippen LogP contribution is -1.96. The third-order valence-electron chi connectivity index (χ3n) is 4.43. The van der Waals surface area contributed by atoms with Crippen LogP contribution in [0.4, 0.5) is 0 Å². The van der Waals surface area contributed by atoms with Gasteiger partial charge in [0.1, 0.15) is 0 Å². The maximum absolute atomic E-state index is 5.08. The van der Waals surface area contributed by atoms with E-state index < -0.39 is 0 Å². The van der Waals surface area contributed by atoms with Crippen LogP contribution >= 0.6 is 24.0 Å². The zero-order valence-electron chi connectivity index (χ0n) is 14.6. The Kier molecular flexibility index (Phi) is 13.5. The molecule has 0 aromatic carbocycles. The van der Waals surface area contributed by atoms with E-state index in [1.165, 1.54) is 102 Å². The van der Waals surface area contributed by atoms with Gasteiger partial charge < -0.3 is 0 Å². The quantitative estimate of drug-likeness (QED) is 0.228. The van der Waals surface area contributed by atoms with Gasteiger partial charge in [-0.3, -0.25) is 0 Å². The lowest BCUT2D eigenvalue weighted by Gasteiger charge is -2.03. The Hall–Kier alpha value is 0.110. The van der Waals surface area contributed by atoms with Gasteiger partial charge in [0.25, 0.3) is 0 Å². The van der Waals surface area contributed by atoms with Crippen LogP contribution in [0, 0.1) is 0 Å². The summed E-state index contributed by atoms with van der Waals surface area (Å²) in [5.41, 5.74) is 1.33. The van der Waals surface area contributed by atoms with Gasteiger partial charge in [0, 0.05) is 11.5 Å². The first-order valence-electron chi connectivity index (χ1n) is 9.56. The van der Waals surface area contributed by atoms with Crippen molar-refractivity contribution in [3.63, 3.8) is 0 Å². The van der Waals surface area contributed by atoms with Gasteiger partial charge in [0.15, 0.2) is 4.32 Å². The molecule has 0 aromatic heterocycles. The Morgan fingerprint density at radius 2 is 1.23 bits per heavy atom. The highest BCUT2D eigenvalue weighted by molar-refractivity contribution is 8.23. The fourth-order valence-electron chi connectivity index (χ4n) is 2.99. The lowest BCUT2D eigenvalue weighted by molar-refractivity contribution is 0.537. The molecule has 1 nitrogen and oxygen atoms in total. The van der Waals surface area contributed by atoms with Gasteiger partial charge in [-0.2, -0.15) is 0 Å². The maximum Gasteiger partial charge on any atom is 0.160 e. The fraction of sp³-hybridized carbons (Fsp3) is 0.895. The van der Waals surface area contributed by atoms with E-state index in [0.717, 1.165) is 10.1 Å². The van der Waals surface area contributed by atoms with E-state index in [9.17, 15) is 0 Å². The van der Waals surface area contributed by atoms with Gasteiger partial charge in [-0.1, -0.05) is 114 Å². The van der Waals surface area contributed by atoms with Crippen LogP contribution in [0.1, 0.15) is 103 Å². The van der Waals surface area contributed by atoms with Gasteiger partial charge >= 0.3 is 0 Å². The molecule has 0 spiro atoms. The molecule has 0 aromatic rings. The predicted molar refractivity (Wildman–Crippen MR) is 107 cm³/mol. The second kappa shape index (κ2) is 14.7. The van der Waals surface area contributed by atoms with Crippen LogP contribution in [0.3, 0.4) is 0 Å². The van der Waals surface area contributed by atoms with Crippen molar-refractivity contribution in [2.75, 3.05) is 5.75 Å². The van der Waals surface area contributed by atoms with Crippen LogP contribution in [0.15, 0.2) is 4.99 Å². The molecule has 0 atom stereocenters. The number of thioether (sulfide) groups is 1. The second-order valence-electron chi connectivity index (χ2n) is 6.58. The minimum atomic E-state index is 0.848. The minimum Gasteiger partial charge on any atom is -0.238 e. The van der Waals surface area contributed by atoms with Crippen LogP contribution in [0.2, 0.25) is 0 Å². The Balaban J connectivity index is 1.71. The molecule has 22 heavy (non-hydrogen) atoms. The van der Waals surface area contributed by atoms with Crippen LogP contribution in [0.25, 0.3) is 0 Å². The molecule has 0 aliphatic carbocycles. The van der Waals surface area contributed by atoms with Crippen LogP contribution < -0.4 is 0 Å². The zero-order chi connectivity index (χ0) is 15.9. The Morgan fingerprint density at radius 3 is 1.64 bits per heavy atom. The highest BCUT2D eigenvalue weighted by atomic mass is 32.2. The van der Waals surface area contributed by atoms with E-state index in [1.54, 1.807) is 11.8 Å². The lowest BCUT2D eigenvalue weighted by atomic mass is 10.0. The normalized spacial score (nSPS) is 14.6. The second-order valence-corrected chi connectivity index (χ2v) is 8.19. The summed E-state index contributed by atoms with van der Waals surface area (Å²) in [7, 11) is 0. The van der Waals surface area contributed by atoms with E-state index in [0.29, 0.717) is 0 Å². The van der Waals surface area contributed by atoms with Gasteiger partial charge in [0.2, 0.25) is 0 Å². The molecule has 128 valence electrons. The average Bonchev–Trinajstić information content (AvgIpc) is 2.93. The smallest absolute Gasteiger partial charge is 0.160 e. The molecule has 1 heterocycles. The Labute approximate surface area is 148 Å². The van der Waals surface area contributed by atoms with Crippen LogP contribution in [0.5, 0.6) is 0 Å². The molecule has 0 unspecified atom stereocenters. The van der Waals surface area contributed by atoms with Gasteiger partial charge in [-0.05, 0) is 12.8 Å². The molecule has 0 fully saturated rings. The summed E-state index contributed by atoms with van der Waals surface area (Å²) in [4.78, 5) is 4.40. The largest absolute Gasteiger partial charge is 0.238 e. The highest BCUT2D eigenvalue weighted by Gasteiger charge is 2.10. The minimum absolute atomic E-state index is 0.848. The van der Waals surface area contributed by atoms with Crippen molar-refractivity contribution in [3.05, 3.63) is 0 Å². The molecule has 0 radical (unpaired) electrons. The number of unbranched alkanes of at least 4 members (excludes halogenated alkanes) is 13. The number of hydrogen-bond donors (Lipinski definition) is 0. The maximum atomic E-state index is 5.08. The standard InChI is InChI=1S/C19H35NS2/c1-2-3-4-5-6-7-8-9-10-11-12-13-14-15-16-18-17-22-19(21)20-18/h2-17H2,1H3. The van der Waals surface area contributed by atoms with Crippen molar-refractivity contribution in [2.45, 2.75) is 103 Å². The molecule has 3 heteroatoms. The summed E-state index contributed by atoms with van der Waals surface area (Å²) >= 11 is 6.80. The van der Waals surface area contributed by atoms with Gasteiger partial charge in [-0.15, -0.1) is 0 Å². The summed E-state index contributed by atoms with van der Waals surface area (Å²) < 4.78 is 0.848. The monoisotopic (exact) mass is 341 g/mol. The summed E-state index contributed by atoms with van der Waals surface area (Å²) in [6, 6.07) is 0. The molecule has 0 saturated heterocycles. The number of thiocarbonyl (C=S) groups is 1.